The average Bonchev–Trinajstić information content (AvgIpc) is 3.50. The summed E-state index contributed by atoms with van der Waals surface area (Å²) >= 11 is 0. The predicted octanol–water partition coefficient (Wildman–Crippen LogP) is 3.18. The Morgan fingerprint density at radius 2 is 1.67 bits per heavy atom. The first-order chi connectivity index (χ1) is 14.7. The van der Waals surface area contributed by atoms with Crippen LogP contribution in [-0.4, -0.2) is 29.7 Å². The van der Waals surface area contributed by atoms with Gasteiger partial charge < -0.3 is 23.7 Å². The third-order valence-corrected chi connectivity index (χ3v) is 5.46. The van der Waals surface area contributed by atoms with Crippen molar-refractivity contribution in [1.82, 2.24) is 10.2 Å². The summed E-state index contributed by atoms with van der Waals surface area (Å²) in [5.74, 6) is 1.42. The van der Waals surface area contributed by atoms with Crippen LogP contribution in [0.3, 0.4) is 0 Å². The van der Waals surface area contributed by atoms with E-state index in [-0.39, 0.29) is 25.4 Å². The van der Waals surface area contributed by atoms with Gasteiger partial charge in [0.25, 0.3) is 0 Å². The lowest BCUT2D eigenvalue weighted by Crippen LogP contribution is -2.30. The van der Waals surface area contributed by atoms with Crippen LogP contribution in [0.4, 0.5) is 0 Å². The maximum atomic E-state index is 9.84. The Bertz CT molecular complexity index is 1240. The van der Waals surface area contributed by atoms with Crippen molar-refractivity contribution in [2.24, 2.45) is 5.92 Å². The highest BCUT2D eigenvalue weighted by Gasteiger charge is 2.41. The molecule has 30 heavy (non-hydrogen) atoms. The number of rotatable bonds is 2. The summed E-state index contributed by atoms with van der Waals surface area (Å²) in [7, 11) is 0. The Hall–Kier alpha value is -4.19. The fourth-order valence-electron chi connectivity index (χ4n) is 4.06. The second-order valence-corrected chi connectivity index (χ2v) is 7.05. The van der Waals surface area contributed by atoms with Crippen LogP contribution in [0.25, 0.3) is 11.3 Å². The number of hydrogen-bond donors (Lipinski definition) is 2. The third kappa shape index (κ3) is 2.34. The van der Waals surface area contributed by atoms with Gasteiger partial charge in [-0.1, -0.05) is 6.07 Å². The highest BCUT2D eigenvalue weighted by atomic mass is 16.7. The molecule has 4 heterocycles. The van der Waals surface area contributed by atoms with Gasteiger partial charge in [0, 0.05) is 11.5 Å². The van der Waals surface area contributed by atoms with Crippen LogP contribution < -0.4 is 23.7 Å². The van der Waals surface area contributed by atoms with Gasteiger partial charge in [0.15, 0.2) is 23.0 Å². The van der Waals surface area contributed by atoms with E-state index in [1.807, 2.05) is 36.4 Å². The summed E-state index contributed by atoms with van der Waals surface area (Å²) in [6, 6.07) is 13.3. The van der Waals surface area contributed by atoms with Gasteiger partial charge >= 0.3 is 0 Å². The number of ether oxygens (including phenoxy) is 5. The molecule has 0 spiro atoms. The molecule has 6 rings (SSSR count). The Kier molecular flexibility index (Phi) is 3.43. The SMILES string of the molecule is N#CC1C(=N)Oc2n[nH]c(-c3ccc4c(c3)OCO4)c2C1c1ccc2c(c1)OCO2. The maximum Gasteiger partial charge on any atom is 0.244 e. The molecule has 2 aromatic carbocycles. The van der Waals surface area contributed by atoms with Gasteiger partial charge in [-0.15, -0.1) is 5.10 Å². The Labute approximate surface area is 170 Å². The summed E-state index contributed by atoms with van der Waals surface area (Å²) in [6.07, 6.45) is 0. The second-order valence-electron chi connectivity index (χ2n) is 7.05. The number of nitrogens with one attached hydrogen (secondary N) is 2. The molecule has 9 heteroatoms. The molecule has 0 aliphatic carbocycles. The van der Waals surface area contributed by atoms with Crippen molar-refractivity contribution in [3.8, 4) is 46.2 Å². The van der Waals surface area contributed by atoms with E-state index in [9.17, 15) is 5.26 Å². The number of hydrogen-bond acceptors (Lipinski definition) is 8. The topological polar surface area (TPSA) is 122 Å². The maximum absolute atomic E-state index is 9.84. The van der Waals surface area contributed by atoms with Crippen LogP contribution in [0.15, 0.2) is 36.4 Å². The van der Waals surface area contributed by atoms with Crippen molar-refractivity contribution >= 4 is 5.90 Å². The monoisotopic (exact) mass is 402 g/mol. The first kappa shape index (κ1) is 16.7. The van der Waals surface area contributed by atoms with E-state index in [0.29, 0.717) is 34.3 Å². The molecule has 3 aromatic rings. The average molecular weight is 402 g/mol. The van der Waals surface area contributed by atoms with E-state index in [2.05, 4.69) is 16.3 Å². The molecule has 0 bridgehead atoms. The zero-order chi connectivity index (χ0) is 20.2. The molecular weight excluding hydrogens is 388 g/mol. The molecule has 0 saturated heterocycles. The summed E-state index contributed by atoms with van der Waals surface area (Å²) < 4.78 is 27.4. The van der Waals surface area contributed by atoms with Crippen molar-refractivity contribution in [1.29, 1.82) is 10.7 Å². The zero-order valence-electron chi connectivity index (χ0n) is 15.5. The van der Waals surface area contributed by atoms with Crippen LogP contribution in [0.1, 0.15) is 17.0 Å². The van der Waals surface area contributed by atoms with Gasteiger partial charge in [0.2, 0.25) is 25.4 Å². The van der Waals surface area contributed by atoms with E-state index in [1.165, 1.54) is 0 Å². The quantitative estimate of drug-likeness (QED) is 0.675. The summed E-state index contributed by atoms with van der Waals surface area (Å²) in [4.78, 5) is 0. The highest BCUT2D eigenvalue weighted by molar-refractivity contribution is 5.87. The molecule has 3 aliphatic rings. The minimum atomic E-state index is -0.816. The molecule has 0 radical (unpaired) electrons. The smallest absolute Gasteiger partial charge is 0.244 e. The first-order valence-corrected chi connectivity index (χ1v) is 9.26. The fraction of sp³-hybridized carbons (Fsp3) is 0.190. The van der Waals surface area contributed by atoms with Crippen LogP contribution in [0.2, 0.25) is 0 Å². The van der Waals surface area contributed by atoms with E-state index >= 15 is 0 Å². The molecule has 0 amide bonds. The number of aromatic amines is 1. The molecule has 9 nitrogen and oxygen atoms in total. The van der Waals surface area contributed by atoms with Crippen LogP contribution >= 0.6 is 0 Å². The van der Waals surface area contributed by atoms with Gasteiger partial charge in [-0.25, -0.2) is 0 Å². The van der Waals surface area contributed by atoms with E-state index in [1.54, 1.807) is 0 Å². The minimum Gasteiger partial charge on any atom is -0.454 e. The summed E-state index contributed by atoms with van der Waals surface area (Å²) in [5.41, 5.74) is 3.02. The Balaban J connectivity index is 1.53. The van der Waals surface area contributed by atoms with E-state index in [0.717, 1.165) is 11.1 Å². The molecule has 2 unspecified atom stereocenters. The normalized spacial score (nSPS) is 20.4. The minimum absolute atomic E-state index is 0.142. The van der Waals surface area contributed by atoms with Crippen LogP contribution in [0.5, 0.6) is 28.9 Å². The molecule has 0 saturated carbocycles. The molecule has 148 valence electrons. The molecule has 3 aliphatic heterocycles. The van der Waals surface area contributed by atoms with Crippen LogP contribution in [0, 0.1) is 22.7 Å². The number of H-pyrrole nitrogens is 1. The number of aromatic nitrogens is 2. The molecular formula is C21H14N4O5. The molecule has 2 N–H and O–H groups in total. The molecule has 2 atom stereocenters. The lowest BCUT2D eigenvalue weighted by molar-refractivity contribution is 0.173. The number of nitrogens with zero attached hydrogens (tertiary/aromatic N) is 2. The highest BCUT2D eigenvalue weighted by Crippen LogP contribution is 2.48. The van der Waals surface area contributed by atoms with E-state index in [4.69, 9.17) is 29.1 Å². The largest absolute Gasteiger partial charge is 0.454 e. The van der Waals surface area contributed by atoms with E-state index < -0.39 is 11.8 Å². The standard InChI is InChI=1S/C21H14N4O5/c22-7-12-17(10-1-3-13-15(5-10)28-8-26-13)18-19(24-25-21(18)30-20(12)23)11-2-4-14-16(6-11)29-9-27-14/h1-6,12,17,23H,8-9H2,(H,24,25). The zero-order valence-corrected chi connectivity index (χ0v) is 15.5. The number of benzene rings is 2. The van der Waals surface area contributed by atoms with Gasteiger partial charge in [0.1, 0.15) is 5.92 Å². The van der Waals surface area contributed by atoms with Gasteiger partial charge in [-0.2, -0.15) is 5.26 Å². The van der Waals surface area contributed by atoms with Crippen molar-refractivity contribution in [3.05, 3.63) is 47.5 Å². The molecule has 1 aromatic heterocycles. The number of nitriles is 1. The summed E-state index contributed by atoms with van der Waals surface area (Å²) in [5, 5.41) is 25.4. The molecule has 0 fully saturated rings. The summed E-state index contributed by atoms with van der Waals surface area (Å²) in [6.45, 7) is 0.333. The van der Waals surface area contributed by atoms with Gasteiger partial charge in [-0.3, -0.25) is 10.5 Å². The van der Waals surface area contributed by atoms with Crippen molar-refractivity contribution in [2.75, 3.05) is 13.6 Å². The van der Waals surface area contributed by atoms with Crippen LogP contribution in [-0.2, 0) is 0 Å². The predicted molar refractivity (Wildman–Crippen MR) is 102 cm³/mol. The van der Waals surface area contributed by atoms with Gasteiger partial charge in [-0.05, 0) is 35.9 Å². The third-order valence-electron chi connectivity index (χ3n) is 5.46. The van der Waals surface area contributed by atoms with Crippen molar-refractivity contribution in [2.45, 2.75) is 5.92 Å². The Morgan fingerprint density at radius 3 is 2.43 bits per heavy atom. The lowest BCUT2D eigenvalue weighted by atomic mass is 9.78. The van der Waals surface area contributed by atoms with Crippen molar-refractivity contribution in [3.63, 3.8) is 0 Å². The Morgan fingerprint density at radius 1 is 0.967 bits per heavy atom. The lowest BCUT2D eigenvalue weighted by Gasteiger charge is -2.28. The van der Waals surface area contributed by atoms with Crippen molar-refractivity contribution < 1.29 is 23.7 Å². The fourth-order valence-corrected chi connectivity index (χ4v) is 4.06. The second kappa shape index (κ2) is 6.15. The number of fused-ring (bicyclic) bond motifs is 3. The van der Waals surface area contributed by atoms with Gasteiger partial charge in [0.05, 0.1) is 17.3 Å². The first-order valence-electron chi connectivity index (χ1n) is 9.26.